The van der Waals surface area contributed by atoms with E-state index in [9.17, 15) is 4.79 Å². The van der Waals surface area contributed by atoms with Gasteiger partial charge in [-0.1, -0.05) is 43.3 Å². The quantitative estimate of drug-likeness (QED) is 0.892. The van der Waals surface area contributed by atoms with Gasteiger partial charge < -0.3 is 9.88 Å². The van der Waals surface area contributed by atoms with E-state index in [4.69, 9.17) is 0 Å². The zero-order valence-electron chi connectivity index (χ0n) is 11.5. The molecule has 100 valence electrons. The third kappa shape index (κ3) is 3.32. The van der Waals surface area contributed by atoms with Crippen LogP contribution in [0.5, 0.6) is 0 Å². The lowest BCUT2D eigenvalue weighted by Gasteiger charge is -2.19. The molecule has 1 atom stereocenters. The minimum Gasteiger partial charge on any atom is -0.313 e. The van der Waals surface area contributed by atoms with E-state index >= 15 is 0 Å². The third-order valence-electron chi connectivity index (χ3n) is 3.24. The van der Waals surface area contributed by atoms with Gasteiger partial charge in [0.2, 0.25) is 0 Å². The van der Waals surface area contributed by atoms with E-state index < -0.39 is 0 Å². The maximum atomic E-state index is 12.1. The summed E-state index contributed by atoms with van der Waals surface area (Å²) < 4.78 is 1.77. The van der Waals surface area contributed by atoms with E-state index in [1.165, 1.54) is 5.56 Å². The molecule has 1 aromatic carbocycles. The second kappa shape index (κ2) is 6.34. The van der Waals surface area contributed by atoms with Gasteiger partial charge in [0.1, 0.15) is 0 Å². The first-order valence-electron chi connectivity index (χ1n) is 6.66. The molecule has 0 aliphatic heterocycles. The van der Waals surface area contributed by atoms with Crippen LogP contribution in [-0.4, -0.2) is 11.1 Å². The van der Waals surface area contributed by atoms with Gasteiger partial charge in [0.05, 0.1) is 6.04 Å². The number of nitrogens with one attached hydrogen (secondary N) is 1. The van der Waals surface area contributed by atoms with Crippen molar-refractivity contribution in [3.63, 3.8) is 0 Å². The number of rotatable bonds is 5. The molecule has 1 aromatic heterocycles. The van der Waals surface area contributed by atoms with E-state index in [1.54, 1.807) is 4.57 Å². The fourth-order valence-electron chi connectivity index (χ4n) is 2.22. The van der Waals surface area contributed by atoms with Gasteiger partial charge >= 0.3 is 0 Å². The number of hydrogen-bond acceptors (Lipinski definition) is 2. The first-order chi connectivity index (χ1) is 9.22. The summed E-state index contributed by atoms with van der Waals surface area (Å²) in [5.74, 6) is 0. The van der Waals surface area contributed by atoms with Crippen molar-refractivity contribution in [2.45, 2.75) is 26.4 Å². The van der Waals surface area contributed by atoms with Crippen molar-refractivity contribution in [3.8, 4) is 0 Å². The molecule has 19 heavy (non-hydrogen) atoms. The zero-order chi connectivity index (χ0) is 13.7. The molecule has 3 heteroatoms. The van der Waals surface area contributed by atoms with Crippen molar-refractivity contribution in [1.29, 1.82) is 0 Å². The first-order valence-corrected chi connectivity index (χ1v) is 6.66. The number of aromatic nitrogens is 1. The van der Waals surface area contributed by atoms with E-state index in [0.29, 0.717) is 6.54 Å². The Morgan fingerprint density at radius 1 is 1.16 bits per heavy atom. The van der Waals surface area contributed by atoms with E-state index in [2.05, 4.69) is 24.4 Å². The molecular weight excluding hydrogens is 236 g/mol. The molecule has 2 rings (SSSR count). The van der Waals surface area contributed by atoms with Crippen molar-refractivity contribution in [1.82, 2.24) is 9.88 Å². The molecule has 0 amide bonds. The largest absolute Gasteiger partial charge is 0.313 e. The average molecular weight is 256 g/mol. The summed E-state index contributed by atoms with van der Waals surface area (Å²) in [6.45, 7) is 5.46. The van der Waals surface area contributed by atoms with Crippen LogP contribution in [0.15, 0.2) is 53.5 Å². The smallest absolute Gasteiger partial charge is 0.253 e. The predicted molar refractivity (Wildman–Crippen MR) is 78.3 cm³/mol. The Balaban J connectivity index is 2.27. The van der Waals surface area contributed by atoms with Crippen molar-refractivity contribution >= 4 is 0 Å². The normalized spacial score (nSPS) is 12.3. The molecular formula is C16H20N2O. The summed E-state index contributed by atoms with van der Waals surface area (Å²) in [5.41, 5.74) is 2.07. The van der Waals surface area contributed by atoms with Crippen LogP contribution < -0.4 is 10.9 Å². The molecule has 0 bridgehead atoms. The lowest BCUT2D eigenvalue weighted by molar-refractivity contribution is 0.466. The number of likely N-dealkylation sites (N-methyl/N-ethyl adjacent to an activating group) is 1. The van der Waals surface area contributed by atoms with Gasteiger partial charge in [-0.25, -0.2) is 0 Å². The Morgan fingerprint density at radius 2 is 1.89 bits per heavy atom. The summed E-state index contributed by atoms with van der Waals surface area (Å²) in [5, 5.41) is 3.43. The minimum absolute atomic E-state index is 0.0846. The molecule has 0 aliphatic rings. The summed E-state index contributed by atoms with van der Waals surface area (Å²) in [7, 11) is 0. The number of pyridine rings is 1. The molecule has 0 saturated heterocycles. The van der Waals surface area contributed by atoms with Crippen LogP contribution in [0.25, 0.3) is 0 Å². The van der Waals surface area contributed by atoms with Crippen molar-refractivity contribution < 1.29 is 0 Å². The predicted octanol–water partition coefficient (Wildman–Crippen LogP) is 2.51. The first kappa shape index (κ1) is 13.6. The summed E-state index contributed by atoms with van der Waals surface area (Å²) in [6.07, 6.45) is 1.85. The van der Waals surface area contributed by atoms with Gasteiger partial charge in [0, 0.05) is 18.3 Å². The lowest BCUT2D eigenvalue weighted by Crippen LogP contribution is -2.30. The fourth-order valence-corrected chi connectivity index (χ4v) is 2.22. The summed E-state index contributed by atoms with van der Waals surface area (Å²) in [4.78, 5) is 12.1. The van der Waals surface area contributed by atoms with Gasteiger partial charge in [0.25, 0.3) is 5.56 Å². The van der Waals surface area contributed by atoms with Crippen LogP contribution in [0.2, 0.25) is 0 Å². The Labute approximate surface area is 113 Å². The van der Waals surface area contributed by atoms with Crippen molar-refractivity contribution in [3.05, 3.63) is 70.1 Å². The van der Waals surface area contributed by atoms with Crippen LogP contribution in [0, 0.1) is 6.92 Å². The second-order valence-electron chi connectivity index (χ2n) is 4.67. The van der Waals surface area contributed by atoms with Crippen LogP contribution in [0.1, 0.15) is 24.1 Å². The minimum atomic E-state index is 0.0846. The molecule has 0 radical (unpaired) electrons. The Bertz CT molecular complexity index is 575. The summed E-state index contributed by atoms with van der Waals surface area (Å²) >= 11 is 0. The van der Waals surface area contributed by atoms with Gasteiger partial charge in [-0.15, -0.1) is 0 Å². The number of benzene rings is 1. The molecule has 2 aromatic rings. The lowest BCUT2D eigenvalue weighted by atomic mass is 10.1. The van der Waals surface area contributed by atoms with E-state index in [-0.39, 0.29) is 11.6 Å². The number of nitrogens with zero attached hydrogens (tertiary/aromatic N) is 1. The van der Waals surface area contributed by atoms with Gasteiger partial charge in [-0.05, 0) is 25.1 Å². The van der Waals surface area contributed by atoms with Crippen LogP contribution >= 0.6 is 0 Å². The third-order valence-corrected chi connectivity index (χ3v) is 3.24. The van der Waals surface area contributed by atoms with E-state index in [1.807, 2.05) is 43.5 Å². The van der Waals surface area contributed by atoms with Crippen LogP contribution in [0.3, 0.4) is 0 Å². The Morgan fingerprint density at radius 3 is 2.58 bits per heavy atom. The molecule has 3 nitrogen and oxygen atoms in total. The fraction of sp³-hybridized carbons (Fsp3) is 0.312. The number of aryl methyl sites for hydroxylation is 1. The molecule has 0 spiro atoms. The van der Waals surface area contributed by atoms with Crippen molar-refractivity contribution in [2.24, 2.45) is 0 Å². The summed E-state index contributed by atoms with van der Waals surface area (Å²) in [6, 6.07) is 14.2. The second-order valence-corrected chi connectivity index (χ2v) is 4.67. The highest BCUT2D eigenvalue weighted by atomic mass is 16.1. The highest BCUT2D eigenvalue weighted by Crippen LogP contribution is 2.14. The highest BCUT2D eigenvalue weighted by Gasteiger charge is 2.11. The topological polar surface area (TPSA) is 34.0 Å². The maximum Gasteiger partial charge on any atom is 0.253 e. The van der Waals surface area contributed by atoms with Gasteiger partial charge in [-0.2, -0.15) is 0 Å². The SMILES string of the molecule is CCNC(Cn1cccc(C)c1=O)c1ccccc1. The zero-order valence-corrected chi connectivity index (χ0v) is 11.5. The Kier molecular flexibility index (Phi) is 4.53. The molecule has 0 fully saturated rings. The molecule has 1 unspecified atom stereocenters. The number of hydrogen-bond donors (Lipinski definition) is 1. The Hall–Kier alpha value is -1.87. The molecule has 1 heterocycles. The van der Waals surface area contributed by atoms with Crippen LogP contribution in [-0.2, 0) is 6.54 Å². The standard InChI is InChI=1S/C16H20N2O/c1-3-17-15(14-9-5-4-6-10-14)12-18-11-7-8-13(2)16(18)19/h4-11,15,17H,3,12H2,1-2H3. The average Bonchev–Trinajstić information content (AvgIpc) is 2.44. The molecule has 0 aliphatic carbocycles. The molecule has 1 N–H and O–H groups in total. The monoisotopic (exact) mass is 256 g/mol. The maximum absolute atomic E-state index is 12.1. The van der Waals surface area contributed by atoms with E-state index in [0.717, 1.165) is 12.1 Å². The molecule has 0 saturated carbocycles. The van der Waals surface area contributed by atoms with Gasteiger partial charge in [0.15, 0.2) is 0 Å². The van der Waals surface area contributed by atoms with Crippen molar-refractivity contribution in [2.75, 3.05) is 6.54 Å². The van der Waals surface area contributed by atoms with Crippen LogP contribution in [0.4, 0.5) is 0 Å². The van der Waals surface area contributed by atoms with Gasteiger partial charge in [-0.3, -0.25) is 4.79 Å². The highest BCUT2D eigenvalue weighted by molar-refractivity contribution is 5.19.